The lowest BCUT2D eigenvalue weighted by atomic mass is 10.1. The highest BCUT2D eigenvalue weighted by atomic mass is 16.6. The van der Waals surface area contributed by atoms with Crippen molar-refractivity contribution in [2.45, 2.75) is 6.54 Å². The van der Waals surface area contributed by atoms with Gasteiger partial charge in [-0.15, -0.1) is 0 Å². The summed E-state index contributed by atoms with van der Waals surface area (Å²) in [6.07, 6.45) is 1.36. The van der Waals surface area contributed by atoms with Crippen LogP contribution >= 0.6 is 0 Å². The molecule has 1 N–H and O–H groups in total. The molecule has 0 amide bonds. The van der Waals surface area contributed by atoms with Crippen molar-refractivity contribution in [1.29, 1.82) is 0 Å². The van der Waals surface area contributed by atoms with Gasteiger partial charge in [0.25, 0.3) is 5.56 Å². The van der Waals surface area contributed by atoms with Crippen LogP contribution in [0.1, 0.15) is 10.4 Å². The molecule has 3 aromatic rings. The summed E-state index contributed by atoms with van der Waals surface area (Å²) in [5.41, 5.74) is -0.302. The molecule has 25 heavy (non-hydrogen) atoms. The van der Waals surface area contributed by atoms with Crippen LogP contribution in [0.5, 0.6) is 11.5 Å². The number of benzene rings is 1. The number of ketones is 1. The van der Waals surface area contributed by atoms with Gasteiger partial charge in [0.1, 0.15) is 18.9 Å². The minimum absolute atomic E-state index is 0.0702. The van der Waals surface area contributed by atoms with Gasteiger partial charge in [0.05, 0.1) is 12.9 Å². The molecular weight excluding hydrogens is 328 g/mol. The van der Waals surface area contributed by atoms with Gasteiger partial charge in [-0.3, -0.25) is 19.1 Å². The highest BCUT2D eigenvalue weighted by molar-refractivity contribution is 5.97. The van der Waals surface area contributed by atoms with E-state index in [1.807, 2.05) is 0 Å². The molecule has 128 valence electrons. The Balaban J connectivity index is 1.69. The monoisotopic (exact) mass is 342 g/mol. The number of fused-ring (bicyclic) bond motifs is 2. The number of H-pyrrole nitrogens is 1. The van der Waals surface area contributed by atoms with Crippen molar-refractivity contribution in [3.63, 3.8) is 0 Å². The van der Waals surface area contributed by atoms with E-state index >= 15 is 0 Å². The van der Waals surface area contributed by atoms with Gasteiger partial charge < -0.3 is 14.0 Å². The summed E-state index contributed by atoms with van der Waals surface area (Å²) in [5, 5.41) is 0. The summed E-state index contributed by atoms with van der Waals surface area (Å²) >= 11 is 0. The zero-order chi connectivity index (χ0) is 17.6. The predicted molar refractivity (Wildman–Crippen MR) is 87.4 cm³/mol. The highest BCUT2D eigenvalue weighted by Crippen LogP contribution is 2.31. The molecule has 3 heterocycles. The highest BCUT2D eigenvalue weighted by Gasteiger charge is 2.17. The van der Waals surface area contributed by atoms with E-state index in [1.165, 1.54) is 17.9 Å². The van der Waals surface area contributed by atoms with E-state index in [0.29, 0.717) is 30.3 Å². The third-order valence-electron chi connectivity index (χ3n) is 4.05. The van der Waals surface area contributed by atoms with E-state index in [2.05, 4.69) is 9.97 Å². The second kappa shape index (κ2) is 5.62. The Morgan fingerprint density at radius 3 is 2.80 bits per heavy atom. The zero-order valence-corrected chi connectivity index (χ0v) is 13.3. The molecular formula is C16H14N4O5. The molecule has 0 spiro atoms. The number of ether oxygens (including phenoxy) is 2. The molecule has 0 saturated heterocycles. The number of carbonyl (C=O) groups excluding carboxylic acids is 1. The molecule has 1 aliphatic rings. The van der Waals surface area contributed by atoms with Gasteiger partial charge in [0.2, 0.25) is 0 Å². The van der Waals surface area contributed by atoms with Crippen LogP contribution in [0, 0.1) is 0 Å². The molecule has 4 rings (SSSR count). The number of carbonyl (C=O) groups is 1. The fourth-order valence-corrected chi connectivity index (χ4v) is 2.69. The number of rotatable bonds is 3. The first kappa shape index (κ1) is 15.2. The Labute approximate surface area is 140 Å². The average molecular weight is 342 g/mol. The minimum atomic E-state index is -0.564. The molecule has 1 aliphatic heterocycles. The summed E-state index contributed by atoms with van der Waals surface area (Å²) in [7, 11) is 1.36. The number of aromatic nitrogens is 4. The van der Waals surface area contributed by atoms with Crippen molar-refractivity contribution in [3.05, 3.63) is 50.9 Å². The fraction of sp³-hybridized carbons (Fsp3) is 0.250. The Hall–Kier alpha value is -3.36. The first-order valence-corrected chi connectivity index (χ1v) is 7.61. The minimum Gasteiger partial charge on any atom is -0.486 e. The third-order valence-corrected chi connectivity index (χ3v) is 4.05. The van der Waals surface area contributed by atoms with Crippen molar-refractivity contribution < 1.29 is 14.3 Å². The molecule has 0 fully saturated rings. The van der Waals surface area contributed by atoms with Crippen LogP contribution < -0.4 is 20.7 Å². The maximum absolute atomic E-state index is 12.6. The van der Waals surface area contributed by atoms with Gasteiger partial charge in [-0.2, -0.15) is 0 Å². The first-order valence-electron chi connectivity index (χ1n) is 7.61. The third kappa shape index (κ3) is 2.49. The Bertz CT molecular complexity index is 1110. The standard InChI is InChI=1S/C16H14N4O5/c1-19-15(22)13-14(18-16(19)23)20(8-17-13)7-10(21)9-2-3-11-12(6-9)25-5-4-24-11/h2-3,6,8H,4-5,7H2,1H3,(H,18,23). The first-order chi connectivity index (χ1) is 12.0. The van der Waals surface area contributed by atoms with E-state index in [-0.39, 0.29) is 23.5 Å². The molecule has 2 aromatic heterocycles. The maximum Gasteiger partial charge on any atom is 0.329 e. The maximum atomic E-state index is 12.6. The van der Waals surface area contributed by atoms with Crippen LogP contribution in [-0.4, -0.2) is 38.1 Å². The molecule has 0 atom stereocenters. The largest absolute Gasteiger partial charge is 0.486 e. The lowest BCUT2D eigenvalue weighted by Crippen LogP contribution is -2.32. The normalized spacial score (nSPS) is 13.2. The van der Waals surface area contributed by atoms with Crippen molar-refractivity contribution >= 4 is 16.9 Å². The molecule has 0 unspecified atom stereocenters. The van der Waals surface area contributed by atoms with Gasteiger partial charge in [-0.25, -0.2) is 9.78 Å². The molecule has 0 aliphatic carbocycles. The van der Waals surface area contributed by atoms with Crippen LogP contribution in [0.15, 0.2) is 34.1 Å². The van der Waals surface area contributed by atoms with Crippen LogP contribution in [0.4, 0.5) is 0 Å². The summed E-state index contributed by atoms with van der Waals surface area (Å²) in [5.74, 6) is 0.913. The zero-order valence-electron chi connectivity index (χ0n) is 13.3. The number of Topliss-reactive ketones (excluding diaryl/α,β-unsaturated/α-hetero) is 1. The van der Waals surface area contributed by atoms with E-state index < -0.39 is 11.2 Å². The van der Waals surface area contributed by atoms with Gasteiger partial charge in [-0.05, 0) is 18.2 Å². The number of imidazole rings is 1. The lowest BCUT2D eigenvalue weighted by Gasteiger charge is -2.18. The van der Waals surface area contributed by atoms with Crippen molar-refractivity contribution in [1.82, 2.24) is 19.1 Å². The number of hydrogen-bond donors (Lipinski definition) is 1. The van der Waals surface area contributed by atoms with E-state index in [1.54, 1.807) is 18.2 Å². The van der Waals surface area contributed by atoms with E-state index in [0.717, 1.165) is 4.57 Å². The summed E-state index contributed by atoms with van der Waals surface area (Å²) in [6, 6.07) is 4.96. The second-order valence-corrected chi connectivity index (χ2v) is 5.65. The molecule has 9 nitrogen and oxygen atoms in total. The number of nitrogens with zero attached hydrogens (tertiary/aromatic N) is 3. The summed E-state index contributed by atoms with van der Waals surface area (Å²) in [4.78, 5) is 42.9. The van der Waals surface area contributed by atoms with Crippen molar-refractivity contribution in [2.75, 3.05) is 13.2 Å². The van der Waals surface area contributed by atoms with Gasteiger partial charge >= 0.3 is 5.69 Å². The smallest absolute Gasteiger partial charge is 0.329 e. The van der Waals surface area contributed by atoms with Crippen LogP contribution in [0.3, 0.4) is 0 Å². The lowest BCUT2D eigenvalue weighted by molar-refractivity contribution is 0.0972. The van der Waals surface area contributed by atoms with Gasteiger partial charge in [0.15, 0.2) is 22.8 Å². The van der Waals surface area contributed by atoms with Crippen molar-refractivity contribution in [2.24, 2.45) is 7.05 Å². The summed E-state index contributed by atoms with van der Waals surface area (Å²) in [6.45, 7) is 0.838. The van der Waals surface area contributed by atoms with Gasteiger partial charge in [0, 0.05) is 12.6 Å². The van der Waals surface area contributed by atoms with Crippen molar-refractivity contribution in [3.8, 4) is 11.5 Å². The Morgan fingerprint density at radius 1 is 1.24 bits per heavy atom. The number of aromatic amines is 1. The topological polar surface area (TPSA) is 108 Å². The molecule has 0 saturated carbocycles. The fourth-order valence-electron chi connectivity index (χ4n) is 2.69. The Kier molecular flexibility index (Phi) is 3.41. The number of nitrogens with one attached hydrogen (secondary N) is 1. The van der Waals surface area contributed by atoms with E-state index in [4.69, 9.17) is 9.47 Å². The molecule has 1 aromatic carbocycles. The molecule has 9 heteroatoms. The number of hydrogen-bond acceptors (Lipinski definition) is 6. The van der Waals surface area contributed by atoms with Crippen LogP contribution in [0.2, 0.25) is 0 Å². The average Bonchev–Trinajstić information content (AvgIpc) is 3.02. The molecule has 0 bridgehead atoms. The van der Waals surface area contributed by atoms with Crippen LogP contribution in [-0.2, 0) is 13.6 Å². The predicted octanol–water partition coefficient (Wildman–Crippen LogP) is 0.0774. The van der Waals surface area contributed by atoms with Gasteiger partial charge in [-0.1, -0.05) is 0 Å². The quantitative estimate of drug-likeness (QED) is 0.675. The van der Waals surface area contributed by atoms with E-state index in [9.17, 15) is 14.4 Å². The Morgan fingerprint density at radius 2 is 2.00 bits per heavy atom. The SMILES string of the molecule is Cn1c(=O)[nH]c2c(ncn2CC(=O)c2ccc3c(c2)OCCO3)c1=O. The second-order valence-electron chi connectivity index (χ2n) is 5.65. The van der Waals surface area contributed by atoms with Crippen LogP contribution in [0.25, 0.3) is 11.2 Å². The molecule has 0 radical (unpaired) electrons. The summed E-state index contributed by atoms with van der Waals surface area (Å²) < 4.78 is 13.3.